The number of carbonyl (C=O) groups is 1. The summed E-state index contributed by atoms with van der Waals surface area (Å²) in [6, 6.07) is 6.68. The van der Waals surface area contributed by atoms with Crippen LogP contribution in [0.3, 0.4) is 0 Å². The molecule has 5 heteroatoms. The van der Waals surface area contributed by atoms with Gasteiger partial charge >= 0.3 is 6.09 Å². The van der Waals surface area contributed by atoms with Crippen LogP contribution in [0.25, 0.3) is 0 Å². The fourth-order valence-electron chi connectivity index (χ4n) is 1.24. The van der Waals surface area contributed by atoms with Crippen LogP contribution in [0.4, 0.5) is 4.79 Å². The Labute approximate surface area is 95.2 Å². The second-order valence-electron chi connectivity index (χ2n) is 4.00. The number of primary amides is 1. The molecule has 4 nitrogen and oxygen atoms in total. The maximum atomic E-state index is 12.4. The summed E-state index contributed by atoms with van der Waals surface area (Å²) in [4.78, 5) is 10.6. The van der Waals surface area contributed by atoms with Crippen LogP contribution in [-0.2, 0) is 4.57 Å². The Bertz CT molecular complexity index is 443. The van der Waals surface area contributed by atoms with Gasteiger partial charge in [0.15, 0.2) is 0 Å². The van der Waals surface area contributed by atoms with Gasteiger partial charge in [-0.1, -0.05) is 26.0 Å². The molecule has 0 bridgehead atoms. The normalized spacial score (nSPS) is 14.5. The van der Waals surface area contributed by atoms with E-state index in [4.69, 9.17) is 10.5 Å². The van der Waals surface area contributed by atoms with Crippen LogP contribution in [0.15, 0.2) is 24.3 Å². The molecule has 1 unspecified atom stereocenters. The van der Waals surface area contributed by atoms with Gasteiger partial charge in [0.25, 0.3) is 0 Å². The Morgan fingerprint density at radius 1 is 1.44 bits per heavy atom. The Kier molecular flexibility index (Phi) is 3.76. The highest BCUT2D eigenvalue weighted by atomic mass is 31.2. The topological polar surface area (TPSA) is 69.4 Å². The lowest BCUT2D eigenvalue weighted by Gasteiger charge is -2.17. The molecular formula is C11H16NO3P. The van der Waals surface area contributed by atoms with Gasteiger partial charge in [-0.15, -0.1) is 0 Å². The van der Waals surface area contributed by atoms with E-state index in [9.17, 15) is 9.36 Å². The Morgan fingerprint density at radius 3 is 2.56 bits per heavy atom. The van der Waals surface area contributed by atoms with Crippen molar-refractivity contribution in [3.63, 3.8) is 0 Å². The standard InChI is InChI=1S/C11H16NO3P/c1-8(2)16(3,14)10-6-4-5-9(7-10)15-11(12)13/h4-8H,1-3H3,(H2,12,13). The van der Waals surface area contributed by atoms with Gasteiger partial charge in [0.1, 0.15) is 12.9 Å². The zero-order chi connectivity index (χ0) is 12.3. The molecule has 0 aromatic heterocycles. The number of rotatable bonds is 3. The number of hydrogen-bond donors (Lipinski definition) is 1. The van der Waals surface area contributed by atoms with Gasteiger partial charge in [0, 0.05) is 11.0 Å². The van der Waals surface area contributed by atoms with Crippen molar-refractivity contribution < 1.29 is 14.1 Å². The first-order valence-electron chi connectivity index (χ1n) is 4.99. The third-order valence-electron chi connectivity index (χ3n) is 2.53. The highest BCUT2D eigenvalue weighted by molar-refractivity contribution is 7.71. The summed E-state index contributed by atoms with van der Waals surface area (Å²) in [5.41, 5.74) is 4.97. The van der Waals surface area contributed by atoms with Crippen LogP contribution in [0.1, 0.15) is 13.8 Å². The average Bonchev–Trinajstić information content (AvgIpc) is 2.16. The van der Waals surface area contributed by atoms with Crippen LogP contribution in [0.2, 0.25) is 0 Å². The van der Waals surface area contributed by atoms with Gasteiger partial charge in [-0.2, -0.15) is 0 Å². The average molecular weight is 241 g/mol. The third kappa shape index (κ3) is 2.86. The molecule has 0 aliphatic rings. The summed E-state index contributed by atoms with van der Waals surface area (Å²) in [7, 11) is -2.42. The third-order valence-corrected chi connectivity index (χ3v) is 5.81. The molecule has 1 rings (SSSR count). The van der Waals surface area contributed by atoms with Crippen molar-refractivity contribution >= 4 is 18.5 Å². The molecule has 0 saturated carbocycles. The molecule has 1 amide bonds. The predicted molar refractivity (Wildman–Crippen MR) is 65.0 cm³/mol. The van der Waals surface area contributed by atoms with Gasteiger partial charge in [-0.25, -0.2) is 4.79 Å². The van der Waals surface area contributed by atoms with Gasteiger partial charge in [0.05, 0.1) is 0 Å². The predicted octanol–water partition coefficient (Wildman–Crippen LogP) is 2.17. The SMILES string of the molecule is CC(C)P(C)(=O)c1cccc(OC(N)=O)c1. The first-order chi connectivity index (χ1) is 7.34. The lowest BCUT2D eigenvalue weighted by atomic mass is 10.3. The molecule has 2 N–H and O–H groups in total. The van der Waals surface area contributed by atoms with Crippen LogP contribution >= 0.6 is 7.14 Å². The minimum Gasteiger partial charge on any atom is -0.410 e. The number of benzene rings is 1. The monoisotopic (exact) mass is 241 g/mol. The molecule has 0 spiro atoms. The number of ether oxygens (including phenoxy) is 1. The van der Waals surface area contributed by atoms with Crippen LogP contribution < -0.4 is 15.8 Å². The lowest BCUT2D eigenvalue weighted by molar-refractivity contribution is 0.211. The van der Waals surface area contributed by atoms with Gasteiger partial charge < -0.3 is 15.0 Å². The van der Waals surface area contributed by atoms with Crippen molar-refractivity contribution in [1.82, 2.24) is 0 Å². The number of amides is 1. The molecule has 1 aromatic carbocycles. The summed E-state index contributed by atoms with van der Waals surface area (Å²) >= 11 is 0. The molecule has 1 atom stereocenters. The Balaban J connectivity index is 3.08. The van der Waals surface area contributed by atoms with E-state index in [1.807, 2.05) is 13.8 Å². The van der Waals surface area contributed by atoms with Crippen molar-refractivity contribution in [2.75, 3.05) is 6.66 Å². The zero-order valence-electron chi connectivity index (χ0n) is 9.64. The summed E-state index contributed by atoms with van der Waals surface area (Å²) < 4.78 is 17.1. The summed E-state index contributed by atoms with van der Waals surface area (Å²) in [5, 5.41) is 0.696. The maximum Gasteiger partial charge on any atom is 0.409 e. The van der Waals surface area contributed by atoms with E-state index in [-0.39, 0.29) is 5.66 Å². The van der Waals surface area contributed by atoms with Gasteiger partial charge in [-0.05, 0) is 18.8 Å². The van der Waals surface area contributed by atoms with Crippen molar-refractivity contribution in [2.24, 2.45) is 5.73 Å². The number of nitrogens with two attached hydrogens (primary N) is 1. The molecule has 88 valence electrons. The Morgan fingerprint density at radius 2 is 2.06 bits per heavy atom. The Hall–Kier alpha value is -1.28. The second kappa shape index (κ2) is 4.71. The van der Waals surface area contributed by atoms with E-state index < -0.39 is 13.2 Å². The molecule has 0 saturated heterocycles. The molecule has 0 heterocycles. The molecule has 0 aliphatic carbocycles. The van der Waals surface area contributed by atoms with E-state index in [1.54, 1.807) is 30.9 Å². The van der Waals surface area contributed by atoms with Crippen molar-refractivity contribution in [2.45, 2.75) is 19.5 Å². The van der Waals surface area contributed by atoms with Crippen LogP contribution in [0.5, 0.6) is 5.75 Å². The minimum absolute atomic E-state index is 0.0522. The van der Waals surface area contributed by atoms with E-state index in [2.05, 4.69) is 0 Å². The van der Waals surface area contributed by atoms with E-state index in [1.165, 1.54) is 0 Å². The zero-order valence-corrected chi connectivity index (χ0v) is 10.5. The fourth-order valence-corrected chi connectivity index (χ4v) is 2.60. The smallest absolute Gasteiger partial charge is 0.409 e. The van der Waals surface area contributed by atoms with E-state index in [0.29, 0.717) is 11.1 Å². The van der Waals surface area contributed by atoms with E-state index in [0.717, 1.165) is 0 Å². The highest BCUT2D eigenvalue weighted by Gasteiger charge is 2.23. The van der Waals surface area contributed by atoms with Gasteiger partial charge in [-0.3, -0.25) is 0 Å². The quantitative estimate of drug-likeness (QED) is 0.824. The summed E-state index contributed by atoms with van der Waals surface area (Å²) in [6.45, 7) is 5.53. The molecule has 0 aliphatic heterocycles. The lowest BCUT2D eigenvalue weighted by Crippen LogP contribution is -2.18. The first-order valence-corrected chi connectivity index (χ1v) is 7.21. The van der Waals surface area contributed by atoms with Crippen LogP contribution in [0, 0.1) is 0 Å². The first kappa shape index (κ1) is 12.8. The molecular weight excluding hydrogens is 225 g/mol. The largest absolute Gasteiger partial charge is 0.410 e. The molecule has 0 fully saturated rings. The molecule has 1 aromatic rings. The second-order valence-corrected chi connectivity index (χ2v) is 7.53. The molecule has 0 radical (unpaired) electrons. The fraction of sp³-hybridized carbons (Fsp3) is 0.364. The van der Waals surface area contributed by atoms with Crippen molar-refractivity contribution in [3.8, 4) is 5.75 Å². The number of hydrogen-bond acceptors (Lipinski definition) is 3. The van der Waals surface area contributed by atoms with Crippen molar-refractivity contribution in [3.05, 3.63) is 24.3 Å². The van der Waals surface area contributed by atoms with Crippen LogP contribution in [-0.4, -0.2) is 18.4 Å². The van der Waals surface area contributed by atoms with E-state index >= 15 is 0 Å². The number of carbonyl (C=O) groups excluding carboxylic acids is 1. The summed E-state index contributed by atoms with van der Waals surface area (Å²) in [5.74, 6) is 0.327. The maximum absolute atomic E-state index is 12.4. The highest BCUT2D eigenvalue weighted by Crippen LogP contribution is 2.45. The molecule has 16 heavy (non-hydrogen) atoms. The van der Waals surface area contributed by atoms with Gasteiger partial charge in [0.2, 0.25) is 0 Å². The summed E-state index contributed by atoms with van der Waals surface area (Å²) in [6.07, 6.45) is -0.868. The minimum atomic E-state index is -2.42. The van der Waals surface area contributed by atoms with Crippen molar-refractivity contribution in [1.29, 1.82) is 0 Å².